The highest BCUT2D eigenvalue weighted by atomic mass is 16.4. The number of rotatable bonds is 8. The minimum atomic E-state index is -1.15. The number of aromatic nitrogens is 2. The lowest BCUT2D eigenvalue weighted by atomic mass is 9.88. The predicted octanol–water partition coefficient (Wildman–Crippen LogP) is 0.693. The fourth-order valence-electron chi connectivity index (χ4n) is 1.82. The summed E-state index contributed by atoms with van der Waals surface area (Å²) in [6.07, 6.45) is 4.02. The Labute approximate surface area is 122 Å². The van der Waals surface area contributed by atoms with E-state index >= 15 is 0 Å². The van der Waals surface area contributed by atoms with Gasteiger partial charge >= 0.3 is 5.97 Å². The molecule has 0 aliphatic rings. The van der Waals surface area contributed by atoms with E-state index in [0.29, 0.717) is 5.69 Å². The number of nitrogens with one attached hydrogen (secondary N) is 2. The van der Waals surface area contributed by atoms with Crippen LogP contribution in [0.25, 0.3) is 0 Å². The fraction of sp³-hybridized carbons (Fsp3) is 0.429. The number of carbonyl (C=O) groups excluding carboxylic acids is 2. The second-order valence-electron chi connectivity index (χ2n) is 5.26. The van der Waals surface area contributed by atoms with E-state index in [-0.39, 0.29) is 18.6 Å². The summed E-state index contributed by atoms with van der Waals surface area (Å²) in [6.45, 7) is 6.38. The molecule has 7 heteroatoms. The average molecular weight is 293 g/mol. The molecule has 0 fully saturated rings. The molecule has 0 bridgehead atoms. The van der Waals surface area contributed by atoms with Crippen LogP contribution in [0.1, 0.15) is 26.0 Å². The van der Waals surface area contributed by atoms with Gasteiger partial charge in [0.2, 0.25) is 5.91 Å². The van der Waals surface area contributed by atoms with Crippen LogP contribution in [0.3, 0.4) is 0 Å². The Morgan fingerprint density at radius 2 is 2.19 bits per heavy atom. The summed E-state index contributed by atoms with van der Waals surface area (Å²) in [5.74, 6) is -2.78. The molecule has 3 N–H and O–H groups in total. The van der Waals surface area contributed by atoms with Crippen molar-refractivity contribution in [3.63, 3.8) is 0 Å². The summed E-state index contributed by atoms with van der Waals surface area (Å²) in [4.78, 5) is 41.4. The van der Waals surface area contributed by atoms with Gasteiger partial charge in [-0.1, -0.05) is 6.58 Å². The van der Waals surface area contributed by atoms with Gasteiger partial charge in [0.15, 0.2) is 5.78 Å². The number of imidazole rings is 1. The van der Waals surface area contributed by atoms with Gasteiger partial charge in [-0.25, -0.2) is 4.98 Å². The molecule has 0 aliphatic heterocycles. The molecule has 0 saturated carbocycles. The van der Waals surface area contributed by atoms with Crippen molar-refractivity contribution in [2.75, 3.05) is 0 Å². The number of H-pyrrole nitrogens is 1. The monoisotopic (exact) mass is 293 g/mol. The zero-order chi connectivity index (χ0) is 16.0. The molecule has 0 aliphatic carbocycles. The van der Waals surface area contributed by atoms with Crippen LogP contribution >= 0.6 is 0 Å². The summed E-state index contributed by atoms with van der Waals surface area (Å²) in [5.41, 5.74) is -0.504. The lowest BCUT2D eigenvalue weighted by molar-refractivity contribution is -0.144. The number of aromatic amines is 1. The van der Waals surface area contributed by atoms with E-state index in [9.17, 15) is 19.5 Å². The number of nitrogens with zero attached hydrogens (tertiary/aromatic N) is 1. The van der Waals surface area contributed by atoms with Crippen molar-refractivity contribution < 1.29 is 19.5 Å². The molecule has 1 atom stereocenters. The molecule has 0 saturated heterocycles. The predicted molar refractivity (Wildman–Crippen MR) is 75.5 cm³/mol. The van der Waals surface area contributed by atoms with Crippen molar-refractivity contribution >= 4 is 17.7 Å². The summed E-state index contributed by atoms with van der Waals surface area (Å²) >= 11 is 0. The van der Waals surface area contributed by atoms with Crippen LogP contribution < -0.4 is 5.32 Å². The first-order chi connectivity index (χ1) is 9.76. The number of amides is 1. The molecule has 7 nitrogen and oxygen atoms in total. The maximum absolute atomic E-state index is 12.2. The first-order valence-electron chi connectivity index (χ1n) is 6.44. The zero-order valence-corrected chi connectivity index (χ0v) is 12.0. The molecule has 0 aromatic carbocycles. The fourth-order valence-corrected chi connectivity index (χ4v) is 1.82. The van der Waals surface area contributed by atoms with Gasteiger partial charge in [0.25, 0.3) is 0 Å². The van der Waals surface area contributed by atoms with Gasteiger partial charge in [-0.3, -0.25) is 14.4 Å². The summed E-state index contributed by atoms with van der Waals surface area (Å²) in [6, 6.07) is 0. The van der Waals surface area contributed by atoms with Gasteiger partial charge in [0, 0.05) is 24.7 Å². The molecule has 1 aromatic rings. The van der Waals surface area contributed by atoms with Gasteiger partial charge in [0.1, 0.15) is 0 Å². The van der Waals surface area contributed by atoms with Crippen molar-refractivity contribution in [2.24, 2.45) is 5.92 Å². The Bertz CT molecular complexity index is 534. The Kier molecular flexibility index (Phi) is 5.40. The minimum Gasteiger partial charge on any atom is -0.481 e. The van der Waals surface area contributed by atoms with Gasteiger partial charge < -0.3 is 15.4 Å². The highest BCUT2D eigenvalue weighted by Gasteiger charge is 2.32. The highest BCUT2D eigenvalue weighted by molar-refractivity contribution is 5.96. The maximum atomic E-state index is 12.2. The summed E-state index contributed by atoms with van der Waals surface area (Å²) < 4.78 is 0. The van der Waals surface area contributed by atoms with E-state index in [1.165, 1.54) is 26.4 Å². The molecule has 0 spiro atoms. The average Bonchev–Trinajstić information content (AvgIpc) is 2.89. The van der Waals surface area contributed by atoms with E-state index in [1.54, 1.807) is 0 Å². The Morgan fingerprint density at radius 3 is 2.67 bits per heavy atom. The molecule has 114 valence electrons. The van der Waals surface area contributed by atoms with Crippen molar-refractivity contribution in [2.45, 2.75) is 32.2 Å². The lowest BCUT2D eigenvalue weighted by Gasteiger charge is -2.25. The molecule has 21 heavy (non-hydrogen) atoms. The number of Topliss-reactive ketones (excluding diaryl/α,β-unsaturated/α-hetero) is 1. The molecular formula is C14H19N3O4. The zero-order valence-electron chi connectivity index (χ0n) is 12.0. The van der Waals surface area contributed by atoms with E-state index in [2.05, 4.69) is 21.9 Å². The number of hydrogen-bond acceptors (Lipinski definition) is 4. The molecule has 1 unspecified atom stereocenters. The Morgan fingerprint density at radius 1 is 1.52 bits per heavy atom. The number of carboxylic acids is 1. The first kappa shape index (κ1) is 16.6. The third-order valence-corrected chi connectivity index (χ3v) is 3.12. The van der Waals surface area contributed by atoms with E-state index in [0.717, 1.165) is 6.08 Å². The SMILES string of the molecule is C=CC(=O)NC(C)(C)C(=O)CC(Cc1cnc[nH]1)C(=O)O. The van der Waals surface area contributed by atoms with Crippen LogP contribution in [0, 0.1) is 5.92 Å². The minimum absolute atomic E-state index is 0.173. The molecule has 1 aromatic heterocycles. The van der Waals surface area contributed by atoms with Crippen molar-refractivity contribution in [3.8, 4) is 0 Å². The highest BCUT2D eigenvalue weighted by Crippen LogP contribution is 2.16. The molecule has 1 heterocycles. The van der Waals surface area contributed by atoms with E-state index < -0.39 is 23.3 Å². The Hall–Kier alpha value is -2.44. The van der Waals surface area contributed by atoms with Gasteiger partial charge in [-0.05, 0) is 19.9 Å². The quantitative estimate of drug-likeness (QED) is 0.611. The van der Waals surface area contributed by atoms with Crippen molar-refractivity contribution in [1.29, 1.82) is 0 Å². The van der Waals surface area contributed by atoms with Crippen LogP contribution in [-0.4, -0.2) is 38.3 Å². The Balaban J connectivity index is 2.74. The number of aliphatic carboxylic acids is 1. The third-order valence-electron chi connectivity index (χ3n) is 3.12. The first-order valence-corrected chi connectivity index (χ1v) is 6.44. The van der Waals surface area contributed by atoms with Crippen LogP contribution in [0.15, 0.2) is 25.2 Å². The van der Waals surface area contributed by atoms with E-state index in [1.807, 2.05) is 0 Å². The maximum Gasteiger partial charge on any atom is 0.307 e. The summed E-state index contributed by atoms with van der Waals surface area (Å²) in [7, 11) is 0. The molecular weight excluding hydrogens is 274 g/mol. The molecule has 1 rings (SSSR count). The number of ketones is 1. The van der Waals surface area contributed by atoms with Crippen LogP contribution in [0.5, 0.6) is 0 Å². The van der Waals surface area contributed by atoms with Crippen LogP contribution in [-0.2, 0) is 20.8 Å². The number of carbonyl (C=O) groups is 3. The van der Waals surface area contributed by atoms with Crippen molar-refractivity contribution in [1.82, 2.24) is 15.3 Å². The lowest BCUT2D eigenvalue weighted by Crippen LogP contribution is -2.50. The smallest absolute Gasteiger partial charge is 0.307 e. The number of carboxylic acid groups (broad SMARTS) is 1. The van der Waals surface area contributed by atoms with E-state index in [4.69, 9.17) is 0 Å². The molecule has 1 amide bonds. The van der Waals surface area contributed by atoms with Crippen LogP contribution in [0.2, 0.25) is 0 Å². The number of hydrogen-bond donors (Lipinski definition) is 3. The van der Waals surface area contributed by atoms with Gasteiger partial charge in [-0.15, -0.1) is 0 Å². The standard InChI is InChI=1S/C14H19N3O4/c1-4-12(19)17-14(2,3)11(18)6-9(13(20)21)5-10-7-15-8-16-10/h4,7-9H,1,5-6H2,2-3H3,(H,15,16)(H,17,19)(H,20,21). The second kappa shape index (κ2) is 6.83. The second-order valence-corrected chi connectivity index (χ2v) is 5.26. The topological polar surface area (TPSA) is 112 Å². The van der Waals surface area contributed by atoms with Crippen LogP contribution in [0.4, 0.5) is 0 Å². The van der Waals surface area contributed by atoms with Gasteiger partial charge in [-0.2, -0.15) is 0 Å². The third kappa shape index (κ3) is 4.87. The normalized spacial score (nSPS) is 12.5. The largest absolute Gasteiger partial charge is 0.481 e. The van der Waals surface area contributed by atoms with Gasteiger partial charge in [0.05, 0.1) is 17.8 Å². The summed E-state index contributed by atoms with van der Waals surface area (Å²) in [5, 5.41) is 11.7. The molecule has 0 radical (unpaired) electrons. The van der Waals surface area contributed by atoms with Crippen molar-refractivity contribution in [3.05, 3.63) is 30.9 Å².